The van der Waals surface area contributed by atoms with E-state index >= 15 is 4.39 Å². The maximum Gasteiger partial charge on any atom is 0.324 e. The number of carbonyl (C=O) groups excluding carboxylic acids is 1. The number of pyridine rings is 1. The predicted molar refractivity (Wildman–Crippen MR) is 166 cm³/mol. The number of nitrogens with one attached hydrogen (secondary N) is 2. The van der Waals surface area contributed by atoms with Gasteiger partial charge in [0.25, 0.3) is 0 Å². The highest BCUT2D eigenvalue weighted by Gasteiger charge is 2.22. The molecule has 0 saturated carbocycles. The van der Waals surface area contributed by atoms with Crippen LogP contribution in [0.2, 0.25) is 0 Å². The van der Waals surface area contributed by atoms with Crippen LogP contribution in [0.5, 0.6) is 11.5 Å². The molecule has 4 heterocycles. The molecule has 2 aromatic carbocycles. The van der Waals surface area contributed by atoms with Gasteiger partial charge in [0.15, 0.2) is 16.9 Å². The summed E-state index contributed by atoms with van der Waals surface area (Å²) in [6, 6.07) is 14.9. The van der Waals surface area contributed by atoms with E-state index in [2.05, 4.69) is 30.5 Å². The minimum atomic E-state index is -0.667. The number of hydrogen-bond donors (Lipinski definition) is 2. The lowest BCUT2D eigenvalue weighted by atomic mass is 9.92. The smallest absolute Gasteiger partial charge is 0.324 e. The molecule has 0 unspecified atom stereocenters. The molecule has 3 aromatic heterocycles. The van der Waals surface area contributed by atoms with Crippen molar-refractivity contribution in [3.8, 4) is 17.2 Å². The van der Waals surface area contributed by atoms with Crippen molar-refractivity contribution >= 4 is 34.5 Å². The predicted octanol–water partition coefficient (Wildman–Crippen LogP) is 6.23. The number of carbonyl (C=O) groups is 1. The first-order chi connectivity index (χ1) is 21.1. The van der Waals surface area contributed by atoms with Gasteiger partial charge in [0.05, 0.1) is 36.5 Å². The lowest BCUT2D eigenvalue weighted by molar-refractivity contribution is 0.122. The Kier molecular flexibility index (Phi) is 7.83. The molecule has 0 aliphatic carbocycles. The average molecular weight is 597 g/mol. The number of anilines is 3. The quantitative estimate of drug-likeness (QED) is 0.237. The zero-order chi connectivity index (χ0) is 30.8. The Labute approximate surface area is 254 Å². The summed E-state index contributed by atoms with van der Waals surface area (Å²) < 4.78 is 28.2. The number of fused-ring (bicyclic) bond motifs is 1. The van der Waals surface area contributed by atoms with Crippen LogP contribution in [0.15, 0.2) is 67.0 Å². The molecule has 226 valence electrons. The first-order valence-electron chi connectivity index (χ1n) is 14.3. The monoisotopic (exact) mass is 596 g/mol. The minimum Gasteiger partial charge on any atom is -0.455 e. The van der Waals surface area contributed by atoms with Gasteiger partial charge < -0.3 is 19.7 Å². The number of ether oxygens (including phenoxy) is 2. The Hall–Kier alpha value is -5.10. The van der Waals surface area contributed by atoms with Gasteiger partial charge in [0.1, 0.15) is 23.2 Å². The molecule has 5 aromatic rings. The van der Waals surface area contributed by atoms with Gasteiger partial charge in [-0.1, -0.05) is 38.5 Å². The normalized spacial score (nSPS) is 13.6. The molecule has 1 saturated heterocycles. The van der Waals surface area contributed by atoms with Crippen molar-refractivity contribution in [1.82, 2.24) is 24.7 Å². The molecule has 0 spiro atoms. The Balaban J connectivity index is 1.17. The molecule has 11 nitrogen and oxygen atoms in total. The third-order valence-corrected chi connectivity index (χ3v) is 7.15. The van der Waals surface area contributed by atoms with Gasteiger partial charge in [-0.2, -0.15) is 5.10 Å². The number of amides is 2. The van der Waals surface area contributed by atoms with Gasteiger partial charge in [-0.05, 0) is 31.2 Å². The fourth-order valence-electron chi connectivity index (χ4n) is 4.69. The maximum atomic E-state index is 15.2. The Morgan fingerprint density at radius 1 is 1.00 bits per heavy atom. The Morgan fingerprint density at radius 2 is 1.77 bits per heavy atom. The lowest BCUT2D eigenvalue weighted by Crippen LogP contribution is -2.36. The van der Waals surface area contributed by atoms with Crippen LogP contribution in [0.1, 0.15) is 32.0 Å². The van der Waals surface area contributed by atoms with Gasteiger partial charge >= 0.3 is 6.03 Å². The number of urea groups is 1. The molecule has 0 atom stereocenters. The van der Waals surface area contributed by atoms with E-state index in [0.717, 1.165) is 30.0 Å². The van der Waals surface area contributed by atoms with E-state index in [1.54, 1.807) is 29.2 Å². The minimum absolute atomic E-state index is 0.0122. The Morgan fingerprint density at radius 3 is 2.50 bits per heavy atom. The van der Waals surface area contributed by atoms with Crippen molar-refractivity contribution in [2.45, 2.75) is 33.1 Å². The highest BCUT2D eigenvalue weighted by molar-refractivity contribution is 5.99. The second-order valence-corrected chi connectivity index (χ2v) is 11.5. The molecule has 44 heavy (non-hydrogen) atoms. The average Bonchev–Trinajstić information content (AvgIpc) is 3.43. The largest absolute Gasteiger partial charge is 0.455 e. The van der Waals surface area contributed by atoms with Gasteiger partial charge in [0.2, 0.25) is 0 Å². The number of aryl methyl sites for hydroxylation is 1. The van der Waals surface area contributed by atoms with E-state index in [9.17, 15) is 4.79 Å². The van der Waals surface area contributed by atoms with Crippen LogP contribution in [-0.2, 0) is 10.2 Å². The number of hydrogen-bond acceptors (Lipinski definition) is 8. The summed E-state index contributed by atoms with van der Waals surface area (Å²) in [5, 5.41) is 10.1. The molecule has 2 amide bonds. The summed E-state index contributed by atoms with van der Waals surface area (Å²) in [6.45, 7) is 10.8. The molecule has 1 aliphatic heterocycles. The third kappa shape index (κ3) is 6.30. The number of aromatic nitrogens is 5. The topological polar surface area (TPSA) is 119 Å². The van der Waals surface area contributed by atoms with Crippen LogP contribution in [0, 0.1) is 12.7 Å². The van der Waals surface area contributed by atoms with E-state index in [1.807, 2.05) is 58.0 Å². The molecule has 1 aliphatic rings. The first-order valence-corrected chi connectivity index (χ1v) is 14.3. The van der Waals surface area contributed by atoms with E-state index in [4.69, 9.17) is 14.6 Å². The summed E-state index contributed by atoms with van der Waals surface area (Å²) in [5.74, 6) is 1.11. The van der Waals surface area contributed by atoms with Crippen LogP contribution in [0.4, 0.5) is 26.5 Å². The molecular weight excluding hydrogens is 563 g/mol. The molecule has 1 fully saturated rings. The number of halogens is 1. The van der Waals surface area contributed by atoms with Crippen LogP contribution >= 0.6 is 0 Å². The number of morpholine rings is 1. The molecule has 0 bridgehead atoms. The summed E-state index contributed by atoms with van der Waals surface area (Å²) >= 11 is 0. The van der Waals surface area contributed by atoms with Crippen molar-refractivity contribution in [1.29, 1.82) is 0 Å². The second kappa shape index (κ2) is 11.9. The summed E-state index contributed by atoms with van der Waals surface area (Å²) in [7, 11) is 0. The SMILES string of the molecule is Cc1ccc(-n2nc(C(C)(C)C)cc2NC(=O)Nc2ccc(Oc3ccnc4nc(N5CCOCC5)cnc34)cc2F)cc1. The van der Waals surface area contributed by atoms with Gasteiger partial charge in [-0.25, -0.2) is 28.8 Å². The standard InChI is InChI=1S/C32H33FN8O3/c1-20-5-7-21(8-6-20)41-27(18-26(39-41)32(2,3)4)38-31(42)36-24-10-9-22(17-23(24)33)44-25-11-12-34-30-29(25)35-19-28(37-30)40-13-15-43-16-14-40/h5-12,17-19H,13-16H2,1-4H3,(H2,36,38,42). The van der Waals surface area contributed by atoms with Crippen molar-refractivity contribution in [3.05, 3.63) is 84.1 Å². The highest BCUT2D eigenvalue weighted by Crippen LogP contribution is 2.31. The summed E-state index contributed by atoms with van der Waals surface area (Å²) in [5.41, 5.74) is 3.30. The van der Waals surface area contributed by atoms with Crippen molar-refractivity contribution < 1.29 is 18.7 Å². The molecule has 12 heteroatoms. The zero-order valence-corrected chi connectivity index (χ0v) is 25.0. The van der Waals surface area contributed by atoms with E-state index in [-0.39, 0.29) is 16.9 Å². The van der Waals surface area contributed by atoms with Crippen molar-refractivity contribution in [2.24, 2.45) is 0 Å². The lowest BCUT2D eigenvalue weighted by Gasteiger charge is -2.27. The van der Waals surface area contributed by atoms with E-state index in [1.165, 1.54) is 12.1 Å². The summed E-state index contributed by atoms with van der Waals surface area (Å²) in [4.78, 5) is 28.6. The number of nitrogens with zero attached hydrogens (tertiary/aromatic N) is 6. The third-order valence-electron chi connectivity index (χ3n) is 7.15. The summed E-state index contributed by atoms with van der Waals surface area (Å²) in [6.07, 6.45) is 3.24. The van der Waals surface area contributed by atoms with Gasteiger partial charge in [-0.15, -0.1) is 0 Å². The zero-order valence-electron chi connectivity index (χ0n) is 25.0. The van der Waals surface area contributed by atoms with Crippen molar-refractivity contribution in [2.75, 3.05) is 41.8 Å². The maximum absolute atomic E-state index is 15.2. The van der Waals surface area contributed by atoms with E-state index in [0.29, 0.717) is 41.8 Å². The van der Waals surface area contributed by atoms with Crippen molar-refractivity contribution in [3.63, 3.8) is 0 Å². The molecule has 2 N–H and O–H groups in total. The first kappa shape index (κ1) is 29.0. The molecular formula is C32H33FN8O3. The Bertz CT molecular complexity index is 1810. The van der Waals surface area contributed by atoms with Gasteiger partial charge in [-0.3, -0.25) is 5.32 Å². The number of rotatable bonds is 6. The van der Waals surface area contributed by atoms with Gasteiger partial charge in [0, 0.05) is 42.9 Å². The number of benzene rings is 2. The highest BCUT2D eigenvalue weighted by atomic mass is 19.1. The fourth-order valence-corrected chi connectivity index (χ4v) is 4.69. The molecule has 0 radical (unpaired) electrons. The van der Waals surface area contributed by atoms with Crippen LogP contribution in [-0.4, -0.2) is 57.1 Å². The second-order valence-electron chi connectivity index (χ2n) is 11.5. The van der Waals surface area contributed by atoms with Crippen LogP contribution < -0.4 is 20.3 Å². The van der Waals surface area contributed by atoms with Crippen LogP contribution in [0.3, 0.4) is 0 Å². The van der Waals surface area contributed by atoms with Crippen LogP contribution in [0.25, 0.3) is 16.9 Å². The fraction of sp³-hybridized carbons (Fsp3) is 0.281. The molecule has 6 rings (SSSR count). The van der Waals surface area contributed by atoms with E-state index < -0.39 is 11.8 Å².